The molecule has 39 heavy (non-hydrogen) atoms. The van der Waals surface area contributed by atoms with E-state index in [-0.39, 0.29) is 35.3 Å². The number of amides is 1. The monoisotopic (exact) mass is 536 g/mol. The number of pyridine rings is 1. The quantitative estimate of drug-likeness (QED) is 0.316. The van der Waals surface area contributed by atoms with Gasteiger partial charge in [-0.15, -0.1) is 0 Å². The van der Waals surface area contributed by atoms with Crippen LogP contribution < -0.4 is 5.56 Å². The maximum atomic E-state index is 13.4. The lowest BCUT2D eigenvalue weighted by Gasteiger charge is -2.28. The summed E-state index contributed by atoms with van der Waals surface area (Å²) in [5.41, 5.74) is 0.283. The number of benzene rings is 2. The molecule has 0 saturated carbocycles. The second kappa shape index (κ2) is 10.2. The summed E-state index contributed by atoms with van der Waals surface area (Å²) in [6.07, 6.45) is -0.774. The average molecular weight is 537 g/mol. The Kier molecular flexibility index (Phi) is 6.88. The Morgan fingerprint density at radius 2 is 1.67 bits per heavy atom. The van der Waals surface area contributed by atoms with Gasteiger partial charge in [0, 0.05) is 36.5 Å². The highest BCUT2D eigenvalue weighted by Crippen LogP contribution is 2.40. The maximum Gasteiger partial charge on any atom is 0.397 e. The summed E-state index contributed by atoms with van der Waals surface area (Å²) >= 11 is 0. The van der Waals surface area contributed by atoms with Crippen LogP contribution in [0, 0.1) is 0 Å². The number of nitrogens with zero attached hydrogens (tertiary/aromatic N) is 4. The van der Waals surface area contributed by atoms with Crippen LogP contribution in [0.1, 0.15) is 48.2 Å². The molecule has 0 bridgehead atoms. The van der Waals surface area contributed by atoms with Crippen LogP contribution in [0.5, 0.6) is 0 Å². The molecule has 5 rings (SSSR count). The van der Waals surface area contributed by atoms with E-state index in [4.69, 9.17) is 4.52 Å². The third kappa shape index (κ3) is 5.36. The zero-order valence-corrected chi connectivity index (χ0v) is 21.5. The largest absolute Gasteiger partial charge is 0.397 e. The molecule has 0 spiro atoms. The topological polar surface area (TPSA) is 81.2 Å². The number of hydrogen-bond donors (Lipinski definition) is 0. The van der Waals surface area contributed by atoms with E-state index in [9.17, 15) is 22.8 Å². The number of carbonyl (C=O) groups excluding carboxylic acids is 1. The van der Waals surface area contributed by atoms with E-state index in [2.05, 4.69) is 10.1 Å². The van der Waals surface area contributed by atoms with Gasteiger partial charge < -0.3 is 14.0 Å². The van der Waals surface area contributed by atoms with Crippen LogP contribution in [0.3, 0.4) is 0 Å². The highest BCUT2D eigenvalue weighted by Gasteiger charge is 2.48. The average Bonchev–Trinajstić information content (AvgIpc) is 3.62. The minimum atomic E-state index is -4.39. The predicted octanol–water partition coefficient (Wildman–Crippen LogP) is 5.69. The molecular formula is C29H27F3N4O3. The highest BCUT2D eigenvalue weighted by atomic mass is 19.4. The van der Waals surface area contributed by atoms with E-state index in [1.165, 1.54) is 34.9 Å². The van der Waals surface area contributed by atoms with Gasteiger partial charge in [0.15, 0.2) is 0 Å². The van der Waals surface area contributed by atoms with Crippen molar-refractivity contribution < 1.29 is 22.5 Å². The van der Waals surface area contributed by atoms with Crippen LogP contribution >= 0.6 is 0 Å². The summed E-state index contributed by atoms with van der Waals surface area (Å²) in [7, 11) is 0. The van der Waals surface area contributed by atoms with Crippen molar-refractivity contribution in [3.8, 4) is 22.8 Å². The van der Waals surface area contributed by atoms with Crippen LogP contribution in [0.25, 0.3) is 22.8 Å². The molecule has 4 aromatic rings. The summed E-state index contributed by atoms with van der Waals surface area (Å²) in [5, 5.41) is 3.97. The second-order valence-corrected chi connectivity index (χ2v) is 10.2. The fraction of sp³-hybridized carbons (Fsp3) is 0.310. The molecule has 1 saturated heterocycles. The Labute approximate surface area is 222 Å². The van der Waals surface area contributed by atoms with Gasteiger partial charge in [-0.05, 0) is 56.0 Å². The summed E-state index contributed by atoms with van der Waals surface area (Å²) in [6.45, 7) is 4.01. The maximum absolute atomic E-state index is 13.4. The number of alkyl halides is 3. The van der Waals surface area contributed by atoms with E-state index in [1.54, 1.807) is 30.5 Å². The Morgan fingerprint density at radius 1 is 0.974 bits per heavy atom. The van der Waals surface area contributed by atoms with Crippen molar-refractivity contribution in [1.29, 1.82) is 0 Å². The molecule has 0 aliphatic carbocycles. The molecule has 2 aromatic carbocycles. The molecule has 7 nitrogen and oxygen atoms in total. The molecule has 10 heteroatoms. The number of hydrogen-bond acceptors (Lipinski definition) is 5. The smallest absolute Gasteiger partial charge is 0.339 e. The van der Waals surface area contributed by atoms with Crippen LogP contribution in [-0.2, 0) is 12.0 Å². The number of likely N-dealkylation sites (tertiary alicyclic amines) is 1. The minimum absolute atomic E-state index is 0.0103. The second-order valence-electron chi connectivity index (χ2n) is 10.2. The van der Waals surface area contributed by atoms with Gasteiger partial charge in [-0.25, -0.2) is 0 Å². The standard InChI is InChI=1S/C29H27F3N4O3/c1-28(2,29(30,31)32)23-11-8-20(9-12-23)25-33-26(39-34-25)22-10-13-24(37)36(18-22)17-19-6-5-7-21(16-19)27(38)35-14-3-4-15-35/h5-13,16,18H,3-4,14-15,17H2,1-2H3. The van der Waals surface area contributed by atoms with E-state index in [0.29, 0.717) is 16.7 Å². The van der Waals surface area contributed by atoms with E-state index < -0.39 is 11.6 Å². The number of aromatic nitrogens is 3. The molecule has 202 valence electrons. The predicted molar refractivity (Wildman–Crippen MR) is 139 cm³/mol. The van der Waals surface area contributed by atoms with Gasteiger partial charge in [0.25, 0.3) is 17.4 Å². The van der Waals surface area contributed by atoms with Crippen LogP contribution in [0.4, 0.5) is 13.2 Å². The van der Waals surface area contributed by atoms with E-state index >= 15 is 0 Å². The summed E-state index contributed by atoms with van der Waals surface area (Å²) in [6, 6.07) is 16.1. The van der Waals surface area contributed by atoms with Crippen LogP contribution in [0.15, 0.2) is 76.2 Å². The molecule has 2 aromatic heterocycles. The third-order valence-corrected chi connectivity index (χ3v) is 7.15. The first-order chi connectivity index (χ1) is 18.5. The van der Waals surface area contributed by atoms with Crippen molar-refractivity contribution in [2.75, 3.05) is 13.1 Å². The molecule has 0 N–H and O–H groups in total. The van der Waals surface area contributed by atoms with Crippen LogP contribution in [-0.4, -0.2) is 44.8 Å². The number of halogens is 3. The normalized spacial score (nSPS) is 14.1. The lowest BCUT2D eigenvalue weighted by molar-refractivity contribution is -0.180. The lowest BCUT2D eigenvalue weighted by atomic mass is 9.83. The fourth-order valence-corrected chi connectivity index (χ4v) is 4.54. The molecule has 1 amide bonds. The zero-order valence-electron chi connectivity index (χ0n) is 21.5. The van der Waals surface area contributed by atoms with Gasteiger partial charge in [-0.2, -0.15) is 18.2 Å². The zero-order chi connectivity index (χ0) is 27.8. The third-order valence-electron chi connectivity index (χ3n) is 7.15. The number of rotatable bonds is 6. The summed E-state index contributed by atoms with van der Waals surface area (Å²) in [5.74, 6) is 0.368. The Morgan fingerprint density at radius 3 is 2.36 bits per heavy atom. The Bertz CT molecular complexity index is 1550. The van der Waals surface area contributed by atoms with Crippen molar-refractivity contribution in [2.45, 2.75) is 44.8 Å². The van der Waals surface area contributed by atoms with E-state index in [1.807, 2.05) is 11.0 Å². The van der Waals surface area contributed by atoms with Gasteiger partial charge in [0.05, 0.1) is 17.5 Å². The van der Waals surface area contributed by atoms with Gasteiger partial charge >= 0.3 is 6.18 Å². The lowest BCUT2D eigenvalue weighted by Crippen LogP contribution is -2.36. The fourth-order valence-electron chi connectivity index (χ4n) is 4.54. The van der Waals surface area contributed by atoms with Gasteiger partial charge in [0.2, 0.25) is 5.82 Å². The van der Waals surface area contributed by atoms with Crippen LogP contribution in [0.2, 0.25) is 0 Å². The van der Waals surface area contributed by atoms with Crippen molar-refractivity contribution >= 4 is 5.91 Å². The minimum Gasteiger partial charge on any atom is -0.339 e. The molecule has 1 fully saturated rings. The van der Waals surface area contributed by atoms with Crippen molar-refractivity contribution in [1.82, 2.24) is 19.6 Å². The van der Waals surface area contributed by atoms with Gasteiger partial charge in [-0.3, -0.25) is 9.59 Å². The molecular weight excluding hydrogens is 509 g/mol. The first-order valence-electron chi connectivity index (χ1n) is 12.6. The summed E-state index contributed by atoms with van der Waals surface area (Å²) < 4.78 is 47.0. The first kappa shape index (κ1) is 26.4. The molecule has 3 heterocycles. The Hall–Kier alpha value is -4.21. The molecule has 0 unspecified atom stereocenters. The van der Waals surface area contributed by atoms with Gasteiger partial charge in [0.1, 0.15) is 0 Å². The van der Waals surface area contributed by atoms with Crippen molar-refractivity contribution in [3.05, 3.63) is 93.9 Å². The SMILES string of the molecule is CC(C)(c1ccc(-c2noc(-c3ccc(=O)n(Cc4cccc(C(=O)N5CCCC5)c4)c3)n2)cc1)C(F)(F)F. The Balaban J connectivity index is 1.35. The number of carbonyl (C=O) groups is 1. The van der Waals surface area contributed by atoms with Crippen molar-refractivity contribution in [2.24, 2.45) is 0 Å². The van der Waals surface area contributed by atoms with Gasteiger partial charge in [-0.1, -0.05) is 41.6 Å². The van der Waals surface area contributed by atoms with E-state index in [0.717, 1.165) is 45.3 Å². The molecule has 0 radical (unpaired) electrons. The summed E-state index contributed by atoms with van der Waals surface area (Å²) in [4.78, 5) is 31.6. The highest BCUT2D eigenvalue weighted by molar-refractivity contribution is 5.94. The molecule has 1 aliphatic rings. The molecule has 0 atom stereocenters. The molecule has 1 aliphatic heterocycles. The van der Waals surface area contributed by atoms with Crippen molar-refractivity contribution in [3.63, 3.8) is 0 Å². The first-order valence-corrected chi connectivity index (χ1v) is 12.6.